The summed E-state index contributed by atoms with van der Waals surface area (Å²) in [5.74, 6) is -1.09. The lowest BCUT2D eigenvalue weighted by Gasteiger charge is -2.30. The number of nitrogens with one attached hydrogen (secondary N) is 1. The van der Waals surface area contributed by atoms with Gasteiger partial charge in [0.1, 0.15) is 5.82 Å². The first kappa shape index (κ1) is 21.1. The molecule has 166 valence electrons. The summed E-state index contributed by atoms with van der Waals surface area (Å²) in [6, 6.07) is 11.7. The number of amides is 3. The third kappa shape index (κ3) is 3.32. The number of rotatable bonds is 3. The fourth-order valence-electron chi connectivity index (χ4n) is 5.46. The van der Waals surface area contributed by atoms with E-state index in [1.165, 1.54) is 12.1 Å². The van der Waals surface area contributed by atoms with E-state index in [9.17, 15) is 18.8 Å². The third-order valence-corrected chi connectivity index (χ3v) is 7.40. The summed E-state index contributed by atoms with van der Waals surface area (Å²) in [5.41, 5.74) is 0.999. The number of alkyl carbamates (subject to hydrolysis) is 1. The average molecular weight is 501 g/mol. The van der Waals surface area contributed by atoms with Gasteiger partial charge >= 0.3 is 6.09 Å². The second kappa shape index (κ2) is 7.69. The molecular formula is C24H22BrFN2O4. The second-order valence-electron chi connectivity index (χ2n) is 8.80. The van der Waals surface area contributed by atoms with Crippen molar-refractivity contribution in [3.05, 3.63) is 69.4 Å². The van der Waals surface area contributed by atoms with Gasteiger partial charge in [-0.2, -0.15) is 0 Å². The number of ether oxygens (including phenoxy) is 1. The molecule has 3 amide bonds. The third-order valence-electron chi connectivity index (χ3n) is 6.90. The van der Waals surface area contributed by atoms with Gasteiger partial charge in [0.2, 0.25) is 11.5 Å². The molecule has 8 heteroatoms. The molecule has 2 unspecified atom stereocenters. The molecule has 2 aromatic rings. The Morgan fingerprint density at radius 2 is 1.97 bits per heavy atom. The minimum atomic E-state index is -1.38. The first-order chi connectivity index (χ1) is 15.3. The molecule has 6 nitrogen and oxygen atoms in total. The lowest BCUT2D eigenvalue weighted by Crippen LogP contribution is -2.37. The van der Waals surface area contributed by atoms with Crippen molar-refractivity contribution < 1.29 is 23.5 Å². The minimum absolute atomic E-state index is 0.0259. The van der Waals surface area contributed by atoms with Crippen molar-refractivity contribution in [1.82, 2.24) is 10.2 Å². The summed E-state index contributed by atoms with van der Waals surface area (Å²) >= 11 is 3.47. The molecule has 3 aliphatic rings. The molecule has 1 aliphatic carbocycles. The number of benzene rings is 2. The molecule has 0 radical (unpaired) electrons. The fourth-order valence-corrected chi connectivity index (χ4v) is 5.83. The number of hydrogen-bond acceptors (Lipinski definition) is 4. The van der Waals surface area contributed by atoms with Crippen LogP contribution in [0.1, 0.15) is 61.3 Å². The van der Waals surface area contributed by atoms with Crippen LogP contribution in [-0.2, 0) is 19.9 Å². The molecule has 0 aromatic heterocycles. The molecule has 2 aliphatic heterocycles. The zero-order chi connectivity index (χ0) is 22.6. The largest absolute Gasteiger partial charge is 0.427 e. The summed E-state index contributed by atoms with van der Waals surface area (Å²) in [6.07, 6.45) is 1.34. The fraction of sp³-hybridized carbons (Fsp3) is 0.375. The van der Waals surface area contributed by atoms with Gasteiger partial charge in [-0.25, -0.2) is 9.18 Å². The molecule has 1 spiro atoms. The molecule has 2 heterocycles. The van der Waals surface area contributed by atoms with E-state index in [-0.39, 0.29) is 42.6 Å². The van der Waals surface area contributed by atoms with Gasteiger partial charge in [0.15, 0.2) is 0 Å². The average Bonchev–Trinajstić information content (AvgIpc) is 3.36. The Bertz CT molecular complexity index is 1120. The maximum Gasteiger partial charge on any atom is 0.415 e. The SMILES string of the molecule is C[C@H]1CC[C@@H](c2ccc(F)cc2)N1C(=O)CC1CC2(OC(=O)NC2=O)c2ccc(Br)cc21. The van der Waals surface area contributed by atoms with Crippen LogP contribution in [0.25, 0.3) is 0 Å². The van der Waals surface area contributed by atoms with E-state index in [4.69, 9.17) is 4.74 Å². The highest BCUT2D eigenvalue weighted by Crippen LogP contribution is 2.51. The van der Waals surface area contributed by atoms with Crippen LogP contribution in [0.2, 0.25) is 0 Å². The van der Waals surface area contributed by atoms with Crippen molar-refractivity contribution in [2.24, 2.45) is 0 Å². The Labute approximate surface area is 193 Å². The zero-order valence-electron chi connectivity index (χ0n) is 17.4. The summed E-state index contributed by atoms with van der Waals surface area (Å²) in [5, 5.41) is 2.24. The van der Waals surface area contributed by atoms with Crippen LogP contribution >= 0.6 is 15.9 Å². The summed E-state index contributed by atoms with van der Waals surface area (Å²) < 4.78 is 19.7. The highest BCUT2D eigenvalue weighted by atomic mass is 79.9. The Kier molecular flexibility index (Phi) is 5.08. The zero-order valence-corrected chi connectivity index (χ0v) is 19.0. The van der Waals surface area contributed by atoms with Gasteiger partial charge in [-0.3, -0.25) is 14.9 Å². The number of carbonyl (C=O) groups excluding carboxylic acids is 3. The maximum atomic E-state index is 13.5. The number of likely N-dealkylation sites (tertiary alicyclic amines) is 1. The smallest absolute Gasteiger partial charge is 0.415 e. The van der Waals surface area contributed by atoms with Crippen LogP contribution in [0, 0.1) is 5.82 Å². The van der Waals surface area contributed by atoms with E-state index in [1.54, 1.807) is 24.3 Å². The molecular weight excluding hydrogens is 479 g/mol. The van der Waals surface area contributed by atoms with Crippen LogP contribution in [0.3, 0.4) is 0 Å². The van der Waals surface area contributed by atoms with Crippen LogP contribution in [-0.4, -0.2) is 28.8 Å². The Balaban J connectivity index is 1.44. The van der Waals surface area contributed by atoms with Crippen molar-refractivity contribution in [3.8, 4) is 0 Å². The molecule has 32 heavy (non-hydrogen) atoms. The number of imide groups is 1. The minimum Gasteiger partial charge on any atom is -0.427 e. The lowest BCUT2D eigenvalue weighted by molar-refractivity contribution is -0.136. The van der Waals surface area contributed by atoms with E-state index in [0.717, 1.165) is 28.4 Å². The van der Waals surface area contributed by atoms with Gasteiger partial charge in [0.05, 0.1) is 6.04 Å². The number of fused-ring (bicyclic) bond motifs is 2. The molecule has 2 saturated heterocycles. The van der Waals surface area contributed by atoms with Gasteiger partial charge in [0.25, 0.3) is 5.91 Å². The van der Waals surface area contributed by atoms with Gasteiger partial charge in [-0.1, -0.05) is 34.1 Å². The highest BCUT2D eigenvalue weighted by Gasteiger charge is 2.57. The topological polar surface area (TPSA) is 75.7 Å². The standard InChI is InChI=1S/C24H22BrFN2O4/c1-13-2-9-20(14-3-6-17(26)7-4-14)28(13)21(29)10-15-12-24(22(30)27-23(31)32-24)19-8-5-16(25)11-18(15)19/h3-8,11,13,15,20H,2,9-10,12H2,1H3,(H,27,30,31)/t13-,15?,20-,24?/m0/s1. The lowest BCUT2D eigenvalue weighted by atomic mass is 9.93. The number of nitrogens with zero attached hydrogens (tertiary/aromatic N) is 1. The van der Waals surface area contributed by atoms with E-state index in [2.05, 4.69) is 21.2 Å². The van der Waals surface area contributed by atoms with Crippen molar-refractivity contribution in [3.63, 3.8) is 0 Å². The molecule has 5 rings (SSSR count). The second-order valence-corrected chi connectivity index (χ2v) is 9.72. The Morgan fingerprint density at radius 3 is 2.66 bits per heavy atom. The Morgan fingerprint density at radius 1 is 1.22 bits per heavy atom. The molecule has 4 atom stereocenters. The quantitative estimate of drug-likeness (QED) is 0.663. The van der Waals surface area contributed by atoms with E-state index >= 15 is 0 Å². The van der Waals surface area contributed by atoms with Gasteiger partial charge < -0.3 is 9.64 Å². The van der Waals surface area contributed by atoms with Crippen molar-refractivity contribution >= 4 is 33.8 Å². The normalized spacial score (nSPS) is 28.7. The van der Waals surface area contributed by atoms with Crippen molar-refractivity contribution in [1.29, 1.82) is 0 Å². The van der Waals surface area contributed by atoms with Crippen LogP contribution in [0.5, 0.6) is 0 Å². The predicted molar refractivity (Wildman–Crippen MR) is 117 cm³/mol. The van der Waals surface area contributed by atoms with Crippen LogP contribution in [0.15, 0.2) is 46.9 Å². The predicted octanol–water partition coefficient (Wildman–Crippen LogP) is 4.68. The van der Waals surface area contributed by atoms with Crippen LogP contribution < -0.4 is 5.32 Å². The molecule has 2 fully saturated rings. The van der Waals surface area contributed by atoms with Crippen molar-refractivity contribution in [2.75, 3.05) is 0 Å². The highest BCUT2D eigenvalue weighted by molar-refractivity contribution is 9.10. The van der Waals surface area contributed by atoms with Crippen LogP contribution in [0.4, 0.5) is 9.18 Å². The monoisotopic (exact) mass is 500 g/mol. The number of halogens is 2. The molecule has 1 N–H and O–H groups in total. The van der Waals surface area contributed by atoms with Gasteiger partial charge in [-0.15, -0.1) is 0 Å². The van der Waals surface area contributed by atoms with E-state index in [1.807, 2.05) is 17.9 Å². The van der Waals surface area contributed by atoms with Gasteiger partial charge in [0, 0.05) is 28.9 Å². The molecule has 2 aromatic carbocycles. The number of hydrogen-bond donors (Lipinski definition) is 1. The van der Waals surface area contributed by atoms with E-state index in [0.29, 0.717) is 5.56 Å². The molecule has 0 bridgehead atoms. The Hall–Kier alpha value is -2.74. The maximum absolute atomic E-state index is 13.5. The van der Waals surface area contributed by atoms with E-state index < -0.39 is 17.6 Å². The van der Waals surface area contributed by atoms with Crippen molar-refractivity contribution in [2.45, 2.75) is 56.2 Å². The molecule has 0 saturated carbocycles. The number of carbonyl (C=O) groups is 3. The summed E-state index contributed by atoms with van der Waals surface area (Å²) in [6.45, 7) is 2.02. The first-order valence-corrected chi connectivity index (χ1v) is 11.5. The summed E-state index contributed by atoms with van der Waals surface area (Å²) in [7, 11) is 0. The first-order valence-electron chi connectivity index (χ1n) is 10.7. The summed E-state index contributed by atoms with van der Waals surface area (Å²) in [4.78, 5) is 39.9. The van der Waals surface area contributed by atoms with Gasteiger partial charge in [-0.05, 0) is 61.1 Å².